The van der Waals surface area contributed by atoms with E-state index in [4.69, 9.17) is 0 Å². The van der Waals surface area contributed by atoms with Gasteiger partial charge in [-0.15, -0.1) is 0 Å². The largest absolute Gasteiger partial charge is 0.396 e. The third kappa shape index (κ3) is 4.10. The van der Waals surface area contributed by atoms with Gasteiger partial charge in [-0.1, -0.05) is 12.8 Å². The molecule has 1 heterocycles. The molecule has 0 bridgehead atoms. The summed E-state index contributed by atoms with van der Waals surface area (Å²) in [6, 6.07) is 2.09. The standard InChI is InChI=1S/C15H25N3O/c1-2-17-14-7-15(10-16-9-14)18-8-12-5-3-4-6-13(12)11-19/h7,9-10,12-13,17-19H,2-6,8,11H2,1H3. The molecule has 1 aliphatic carbocycles. The fourth-order valence-electron chi connectivity index (χ4n) is 2.88. The molecule has 0 aromatic carbocycles. The Morgan fingerprint density at radius 3 is 2.53 bits per heavy atom. The number of aliphatic hydroxyl groups excluding tert-OH is 1. The van der Waals surface area contributed by atoms with E-state index in [-0.39, 0.29) is 0 Å². The van der Waals surface area contributed by atoms with Crippen molar-refractivity contribution in [3.05, 3.63) is 18.5 Å². The van der Waals surface area contributed by atoms with Crippen LogP contribution in [0.2, 0.25) is 0 Å². The maximum Gasteiger partial charge on any atom is 0.0547 e. The van der Waals surface area contributed by atoms with E-state index in [9.17, 15) is 5.11 Å². The van der Waals surface area contributed by atoms with Gasteiger partial charge in [0.1, 0.15) is 0 Å². The van der Waals surface area contributed by atoms with Crippen molar-refractivity contribution < 1.29 is 5.11 Å². The average Bonchev–Trinajstić information content (AvgIpc) is 2.46. The van der Waals surface area contributed by atoms with Crippen LogP contribution in [0.3, 0.4) is 0 Å². The Hall–Kier alpha value is -1.29. The summed E-state index contributed by atoms with van der Waals surface area (Å²) in [7, 11) is 0. The smallest absolute Gasteiger partial charge is 0.0547 e. The fraction of sp³-hybridized carbons (Fsp3) is 0.667. The highest BCUT2D eigenvalue weighted by atomic mass is 16.3. The highest BCUT2D eigenvalue weighted by molar-refractivity contribution is 5.53. The van der Waals surface area contributed by atoms with Crippen LogP contribution in [0.4, 0.5) is 11.4 Å². The predicted molar refractivity (Wildman–Crippen MR) is 79.4 cm³/mol. The summed E-state index contributed by atoms with van der Waals surface area (Å²) in [4.78, 5) is 4.23. The van der Waals surface area contributed by atoms with E-state index >= 15 is 0 Å². The topological polar surface area (TPSA) is 57.2 Å². The molecule has 2 rings (SSSR count). The van der Waals surface area contributed by atoms with E-state index in [2.05, 4.69) is 28.6 Å². The molecule has 2 atom stereocenters. The summed E-state index contributed by atoms with van der Waals surface area (Å²) < 4.78 is 0. The van der Waals surface area contributed by atoms with E-state index in [0.717, 1.165) is 24.5 Å². The zero-order valence-electron chi connectivity index (χ0n) is 11.7. The summed E-state index contributed by atoms with van der Waals surface area (Å²) in [5.41, 5.74) is 2.11. The maximum atomic E-state index is 9.42. The normalized spacial score (nSPS) is 23.1. The summed E-state index contributed by atoms with van der Waals surface area (Å²) in [6.07, 6.45) is 8.64. The molecule has 0 saturated heterocycles. The molecule has 1 aromatic heterocycles. The van der Waals surface area contributed by atoms with E-state index in [1.54, 1.807) is 0 Å². The fourth-order valence-corrected chi connectivity index (χ4v) is 2.88. The van der Waals surface area contributed by atoms with Gasteiger partial charge in [0, 0.05) is 19.7 Å². The quantitative estimate of drug-likeness (QED) is 0.738. The number of anilines is 2. The Bertz CT molecular complexity index is 383. The monoisotopic (exact) mass is 263 g/mol. The molecule has 0 amide bonds. The number of hydrogen-bond donors (Lipinski definition) is 3. The van der Waals surface area contributed by atoms with Crippen LogP contribution < -0.4 is 10.6 Å². The third-order valence-corrected chi connectivity index (χ3v) is 3.99. The first kappa shape index (κ1) is 14.1. The van der Waals surface area contributed by atoms with Crippen LogP contribution in [0.15, 0.2) is 18.5 Å². The predicted octanol–water partition coefficient (Wildman–Crippen LogP) is 2.72. The Balaban J connectivity index is 1.88. The van der Waals surface area contributed by atoms with Gasteiger partial charge in [-0.05, 0) is 37.7 Å². The van der Waals surface area contributed by atoms with Crippen LogP contribution in [0.1, 0.15) is 32.6 Å². The number of aliphatic hydroxyl groups is 1. The number of rotatable bonds is 6. The van der Waals surface area contributed by atoms with E-state index in [0.29, 0.717) is 18.4 Å². The lowest BCUT2D eigenvalue weighted by Crippen LogP contribution is -2.28. The van der Waals surface area contributed by atoms with Gasteiger partial charge in [0.05, 0.1) is 23.8 Å². The first-order valence-corrected chi connectivity index (χ1v) is 7.37. The second-order valence-electron chi connectivity index (χ2n) is 5.36. The summed E-state index contributed by atoms with van der Waals surface area (Å²) in [6.45, 7) is 4.23. The molecular weight excluding hydrogens is 238 g/mol. The molecule has 19 heavy (non-hydrogen) atoms. The van der Waals surface area contributed by atoms with Crippen molar-refractivity contribution in [1.29, 1.82) is 0 Å². The molecule has 3 N–H and O–H groups in total. The molecule has 0 aliphatic heterocycles. The Morgan fingerprint density at radius 2 is 1.84 bits per heavy atom. The Kier molecular flexibility index (Phi) is 5.45. The Morgan fingerprint density at radius 1 is 1.16 bits per heavy atom. The van der Waals surface area contributed by atoms with Crippen molar-refractivity contribution >= 4 is 11.4 Å². The molecular formula is C15H25N3O. The van der Waals surface area contributed by atoms with Gasteiger partial charge in [0.25, 0.3) is 0 Å². The van der Waals surface area contributed by atoms with Crippen molar-refractivity contribution in [3.8, 4) is 0 Å². The van der Waals surface area contributed by atoms with E-state index in [1.807, 2.05) is 12.4 Å². The highest BCUT2D eigenvalue weighted by Gasteiger charge is 2.24. The molecule has 4 nitrogen and oxygen atoms in total. The number of aromatic nitrogens is 1. The summed E-state index contributed by atoms with van der Waals surface area (Å²) in [5.74, 6) is 1.05. The molecule has 2 unspecified atom stereocenters. The first-order chi connectivity index (χ1) is 9.33. The summed E-state index contributed by atoms with van der Waals surface area (Å²) >= 11 is 0. The maximum absolute atomic E-state index is 9.42. The van der Waals surface area contributed by atoms with Gasteiger partial charge in [-0.25, -0.2) is 0 Å². The molecule has 0 radical (unpaired) electrons. The zero-order valence-corrected chi connectivity index (χ0v) is 11.7. The van der Waals surface area contributed by atoms with Crippen LogP contribution in [0.25, 0.3) is 0 Å². The van der Waals surface area contributed by atoms with Crippen molar-refractivity contribution in [2.45, 2.75) is 32.6 Å². The van der Waals surface area contributed by atoms with Gasteiger partial charge in [-0.2, -0.15) is 0 Å². The molecule has 106 valence electrons. The van der Waals surface area contributed by atoms with Crippen LogP contribution in [-0.2, 0) is 0 Å². The number of nitrogens with zero attached hydrogens (tertiary/aromatic N) is 1. The van der Waals surface area contributed by atoms with E-state index in [1.165, 1.54) is 25.7 Å². The lowest BCUT2D eigenvalue weighted by atomic mass is 9.79. The van der Waals surface area contributed by atoms with Crippen molar-refractivity contribution in [1.82, 2.24) is 4.98 Å². The average molecular weight is 263 g/mol. The van der Waals surface area contributed by atoms with Gasteiger partial charge in [0.15, 0.2) is 0 Å². The number of hydrogen-bond acceptors (Lipinski definition) is 4. The van der Waals surface area contributed by atoms with Crippen LogP contribution >= 0.6 is 0 Å². The molecule has 1 saturated carbocycles. The minimum Gasteiger partial charge on any atom is -0.396 e. The highest BCUT2D eigenvalue weighted by Crippen LogP contribution is 2.30. The number of pyridine rings is 1. The molecule has 1 aromatic rings. The SMILES string of the molecule is CCNc1cncc(NCC2CCCCC2CO)c1. The van der Waals surface area contributed by atoms with Gasteiger partial charge >= 0.3 is 0 Å². The van der Waals surface area contributed by atoms with Crippen LogP contribution in [0.5, 0.6) is 0 Å². The lowest BCUT2D eigenvalue weighted by Gasteiger charge is -2.30. The van der Waals surface area contributed by atoms with Crippen molar-refractivity contribution in [3.63, 3.8) is 0 Å². The lowest BCUT2D eigenvalue weighted by molar-refractivity contribution is 0.141. The van der Waals surface area contributed by atoms with E-state index < -0.39 is 0 Å². The van der Waals surface area contributed by atoms with Crippen LogP contribution in [0, 0.1) is 11.8 Å². The van der Waals surface area contributed by atoms with Gasteiger partial charge in [0.2, 0.25) is 0 Å². The van der Waals surface area contributed by atoms with Crippen LogP contribution in [-0.4, -0.2) is 29.8 Å². The second-order valence-corrected chi connectivity index (χ2v) is 5.36. The molecule has 0 spiro atoms. The zero-order chi connectivity index (χ0) is 13.5. The Labute approximate surface area is 115 Å². The third-order valence-electron chi connectivity index (χ3n) is 3.99. The first-order valence-electron chi connectivity index (χ1n) is 7.37. The minimum absolute atomic E-state index is 0.321. The van der Waals surface area contributed by atoms with Gasteiger partial charge in [-0.3, -0.25) is 4.98 Å². The molecule has 1 aliphatic rings. The van der Waals surface area contributed by atoms with Crippen molar-refractivity contribution in [2.24, 2.45) is 11.8 Å². The molecule has 1 fully saturated rings. The molecule has 4 heteroatoms. The number of nitrogens with one attached hydrogen (secondary N) is 2. The minimum atomic E-state index is 0.321. The van der Waals surface area contributed by atoms with Gasteiger partial charge < -0.3 is 15.7 Å². The summed E-state index contributed by atoms with van der Waals surface area (Å²) in [5, 5.41) is 16.1. The van der Waals surface area contributed by atoms with Crippen molar-refractivity contribution in [2.75, 3.05) is 30.3 Å². The second kappa shape index (κ2) is 7.34.